The second kappa shape index (κ2) is 8.50. The van der Waals surface area contributed by atoms with Crippen molar-refractivity contribution in [3.8, 4) is 5.75 Å². The number of benzene rings is 2. The maximum atomic E-state index is 13.0. The molecule has 0 saturated carbocycles. The highest BCUT2D eigenvalue weighted by molar-refractivity contribution is 6.04. The Morgan fingerprint density at radius 3 is 2.91 bits per heavy atom. The third kappa shape index (κ3) is 3.89. The van der Waals surface area contributed by atoms with Gasteiger partial charge in [-0.2, -0.15) is 5.10 Å². The fourth-order valence-electron chi connectivity index (χ4n) is 3.52. The second-order valence-electron chi connectivity index (χ2n) is 7.30. The molecule has 0 unspecified atom stereocenters. The maximum Gasteiger partial charge on any atom is 0.274 e. The van der Waals surface area contributed by atoms with Crippen LogP contribution in [0, 0.1) is 0 Å². The van der Waals surface area contributed by atoms with E-state index in [1.54, 1.807) is 30.2 Å². The van der Waals surface area contributed by atoms with Gasteiger partial charge in [0.1, 0.15) is 18.4 Å². The van der Waals surface area contributed by atoms with Gasteiger partial charge >= 0.3 is 0 Å². The number of hydrogen-bond acceptors (Lipinski definition) is 6. The summed E-state index contributed by atoms with van der Waals surface area (Å²) in [5.41, 5.74) is 2.59. The van der Waals surface area contributed by atoms with Crippen LogP contribution in [0.1, 0.15) is 23.5 Å². The van der Waals surface area contributed by atoms with Gasteiger partial charge in [-0.25, -0.2) is 4.68 Å². The van der Waals surface area contributed by atoms with Gasteiger partial charge in [-0.05, 0) is 11.6 Å². The molecule has 32 heavy (non-hydrogen) atoms. The smallest absolute Gasteiger partial charge is 0.274 e. The normalized spacial score (nSPS) is 15.5. The predicted octanol–water partition coefficient (Wildman–Crippen LogP) is 1.99. The van der Waals surface area contributed by atoms with E-state index in [1.165, 1.54) is 4.90 Å². The van der Waals surface area contributed by atoms with Gasteiger partial charge in [0.25, 0.3) is 11.8 Å². The summed E-state index contributed by atoms with van der Waals surface area (Å²) in [5, 5.41) is 18.4. The minimum Gasteiger partial charge on any atom is -0.489 e. The SMILES string of the molecule is C.CN1C(=O)[C@@H](NC(=O)c2cn(Cc3ccccc3)nn2)COc2cc3[nH]ncc3cc21. The number of amides is 2. The zero-order chi connectivity index (χ0) is 21.4. The van der Waals surface area contributed by atoms with Crippen molar-refractivity contribution in [3.05, 3.63) is 66.1 Å². The molecular weight excluding hydrogens is 410 g/mol. The third-order valence-electron chi connectivity index (χ3n) is 5.18. The topological polar surface area (TPSA) is 118 Å². The summed E-state index contributed by atoms with van der Waals surface area (Å²) in [6.45, 7) is 0.492. The van der Waals surface area contributed by atoms with Gasteiger partial charge in [0.15, 0.2) is 5.69 Å². The molecule has 0 fully saturated rings. The first-order chi connectivity index (χ1) is 15.1. The predicted molar refractivity (Wildman–Crippen MR) is 119 cm³/mol. The quantitative estimate of drug-likeness (QED) is 0.508. The summed E-state index contributed by atoms with van der Waals surface area (Å²) >= 11 is 0. The lowest BCUT2D eigenvalue weighted by atomic mass is 10.2. The average molecular weight is 433 g/mol. The Kier molecular flexibility index (Phi) is 5.59. The van der Waals surface area contributed by atoms with Crippen LogP contribution in [0.5, 0.6) is 5.75 Å². The van der Waals surface area contributed by atoms with Gasteiger partial charge < -0.3 is 15.0 Å². The highest BCUT2D eigenvalue weighted by atomic mass is 16.5. The van der Waals surface area contributed by atoms with E-state index in [9.17, 15) is 9.59 Å². The molecule has 2 aromatic carbocycles. The van der Waals surface area contributed by atoms with Crippen LogP contribution in [0.15, 0.2) is 54.9 Å². The van der Waals surface area contributed by atoms with Crippen LogP contribution in [0.25, 0.3) is 10.9 Å². The molecule has 1 atom stereocenters. The Balaban J connectivity index is 0.00000245. The van der Waals surface area contributed by atoms with Gasteiger partial charge in [-0.15, -0.1) is 5.10 Å². The molecule has 0 aliphatic carbocycles. The van der Waals surface area contributed by atoms with Gasteiger partial charge in [0.2, 0.25) is 0 Å². The summed E-state index contributed by atoms with van der Waals surface area (Å²) < 4.78 is 7.41. The average Bonchev–Trinajstić information content (AvgIpc) is 3.42. The van der Waals surface area contributed by atoms with E-state index < -0.39 is 11.9 Å². The number of hydrogen-bond donors (Lipinski definition) is 2. The number of ether oxygens (including phenoxy) is 1. The number of likely N-dealkylation sites (N-methyl/N-ethyl adjacent to an activating group) is 1. The molecule has 164 valence electrons. The molecule has 10 heteroatoms. The Bertz CT molecular complexity index is 1270. The van der Waals surface area contributed by atoms with E-state index in [4.69, 9.17) is 4.74 Å². The van der Waals surface area contributed by atoms with Gasteiger partial charge in [0.05, 0.1) is 30.1 Å². The minimum atomic E-state index is -0.861. The molecule has 0 saturated heterocycles. The van der Waals surface area contributed by atoms with E-state index in [0.717, 1.165) is 16.5 Å². The summed E-state index contributed by atoms with van der Waals surface area (Å²) in [6.07, 6.45) is 3.23. The summed E-state index contributed by atoms with van der Waals surface area (Å²) in [6, 6.07) is 12.5. The summed E-state index contributed by atoms with van der Waals surface area (Å²) in [7, 11) is 1.65. The molecule has 1 aliphatic rings. The van der Waals surface area contributed by atoms with E-state index in [1.807, 2.05) is 36.4 Å². The largest absolute Gasteiger partial charge is 0.489 e. The molecule has 2 aromatic heterocycles. The van der Waals surface area contributed by atoms with Crippen LogP contribution in [0.2, 0.25) is 0 Å². The number of aromatic nitrogens is 5. The van der Waals surface area contributed by atoms with Crippen LogP contribution < -0.4 is 15.0 Å². The lowest BCUT2D eigenvalue weighted by Crippen LogP contribution is -2.49. The van der Waals surface area contributed by atoms with Crippen LogP contribution >= 0.6 is 0 Å². The molecule has 0 bridgehead atoms. The fourth-order valence-corrected chi connectivity index (χ4v) is 3.52. The van der Waals surface area contributed by atoms with Gasteiger partial charge in [-0.3, -0.25) is 14.7 Å². The van der Waals surface area contributed by atoms with Crippen LogP contribution in [0.4, 0.5) is 5.69 Å². The van der Waals surface area contributed by atoms with Crippen molar-refractivity contribution >= 4 is 28.4 Å². The number of rotatable bonds is 4. The molecule has 0 spiro atoms. The first-order valence-corrected chi connectivity index (χ1v) is 9.71. The molecule has 3 heterocycles. The van der Waals surface area contributed by atoms with Crippen LogP contribution in [0.3, 0.4) is 0 Å². The highest BCUT2D eigenvalue weighted by Crippen LogP contribution is 2.34. The number of carbonyl (C=O) groups is 2. The summed E-state index contributed by atoms with van der Waals surface area (Å²) in [5.74, 6) is -0.235. The number of aromatic amines is 1. The lowest BCUT2D eigenvalue weighted by Gasteiger charge is -2.20. The highest BCUT2D eigenvalue weighted by Gasteiger charge is 2.31. The van der Waals surface area contributed by atoms with E-state index >= 15 is 0 Å². The van der Waals surface area contributed by atoms with E-state index in [-0.39, 0.29) is 25.6 Å². The fraction of sp³-hybridized carbons (Fsp3) is 0.227. The van der Waals surface area contributed by atoms with Crippen molar-refractivity contribution in [2.24, 2.45) is 0 Å². The molecule has 0 radical (unpaired) electrons. The second-order valence-corrected chi connectivity index (χ2v) is 7.30. The van der Waals surface area contributed by atoms with Crippen molar-refractivity contribution in [3.63, 3.8) is 0 Å². The standard InChI is InChI=1S/C21H19N7O3.CH4/c1-27-18-7-14-9-22-24-15(14)8-19(18)31-12-17(21(27)30)23-20(29)16-11-28(26-25-16)10-13-5-3-2-4-6-13;/h2-9,11,17H,10,12H2,1H3,(H,22,24)(H,23,29);1H4/t17-;/m0./s1. The van der Waals surface area contributed by atoms with Crippen LogP contribution in [-0.4, -0.2) is 56.7 Å². The first kappa shape index (κ1) is 21.0. The maximum absolute atomic E-state index is 13.0. The Morgan fingerprint density at radius 2 is 2.09 bits per heavy atom. The number of fused-ring (bicyclic) bond motifs is 2. The van der Waals surface area contributed by atoms with Crippen molar-refractivity contribution in [1.29, 1.82) is 0 Å². The molecule has 10 nitrogen and oxygen atoms in total. The number of nitrogens with one attached hydrogen (secondary N) is 2. The Labute approximate surface area is 184 Å². The van der Waals surface area contributed by atoms with E-state index in [2.05, 4.69) is 25.8 Å². The molecule has 5 rings (SSSR count). The van der Waals surface area contributed by atoms with Crippen molar-refractivity contribution in [2.75, 3.05) is 18.6 Å². The van der Waals surface area contributed by atoms with E-state index in [0.29, 0.717) is 18.0 Å². The first-order valence-electron chi connectivity index (χ1n) is 9.71. The molecule has 4 aromatic rings. The van der Waals surface area contributed by atoms with Gasteiger partial charge in [0, 0.05) is 18.5 Å². The third-order valence-corrected chi connectivity index (χ3v) is 5.18. The monoisotopic (exact) mass is 433 g/mol. The van der Waals surface area contributed by atoms with Crippen LogP contribution in [-0.2, 0) is 11.3 Å². The molecular formula is C22H23N7O3. The Morgan fingerprint density at radius 1 is 1.28 bits per heavy atom. The summed E-state index contributed by atoms with van der Waals surface area (Å²) in [4.78, 5) is 27.1. The Hall–Kier alpha value is -4.21. The molecule has 1 aliphatic heterocycles. The molecule has 2 N–H and O–H groups in total. The number of H-pyrrole nitrogens is 1. The lowest BCUT2D eigenvalue weighted by molar-refractivity contribution is -0.120. The molecule has 2 amide bonds. The van der Waals surface area contributed by atoms with Crippen molar-refractivity contribution < 1.29 is 14.3 Å². The number of nitrogens with zero attached hydrogens (tertiary/aromatic N) is 5. The minimum absolute atomic E-state index is 0. The zero-order valence-electron chi connectivity index (χ0n) is 16.6. The number of carbonyl (C=O) groups excluding carboxylic acids is 2. The number of anilines is 1. The van der Waals surface area contributed by atoms with Crippen molar-refractivity contribution in [2.45, 2.75) is 20.0 Å². The van der Waals surface area contributed by atoms with Crippen molar-refractivity contribution in [1.82, 2.24) is 30.5 Å². The van der Waals surface area contributed by atoms with Gasteiger partial charge in [-0.1, -0.05) is 43.0 Å². The zero-order valence-corrected chi connectivity index (χ0v) is 16.6.